The van der Waals surface area contributed by atoms with Gasteiger partial charge in [-0.2, -0.15) is 0 Å². The van der Waals surface area contributed by atoms with E-state index in [-0.39, 0.29) is 17.0 Å². The van der Waals surface area contributed by atoms with Crippen LogP contribution in [0.4, 0.5) is 48.6 Å². The summed E-state index contributed by atoms with van der Waals surface area (Å²) in [7, 11) is 0. The van der Waals surface area contributed by atoms with Crippen LogP contribution < -0.4 is 19.4 Å². The monoisotopic (exact) mass is 941 g/mol. The quantitative estimate of drug-likeness (QED) is 0.137. The number of fused-ring (bicyclic) bond motifs is 4. The van der Waals surface area contributed by atoms with Crippen LogP contribution in [0, 0.1) is 11.6 Å². The Balaban J connectivity index is 1.03. The third-order valence-electron chi connectivity index (χ3n) is 13.6. The summed E-state index contributed by atoms with van der Waals surface area (Å²) in [4.78, 5) is 11.8. The van der Waals surface area contributed by atoms with Crippen LogP contribution in [-0.4, -0.2) is 16.2 Å². The van der Waals surface area contributed by atoms with Crippen molar-refractivity contribution < 1.29 is 13.5 Å². The molecule has 8 heteroatoms. The molecule has 0 fully saturated rings. The number of hydrogen-bond donors (Lipinski definition) is 0. The van der Waals surface area contributed by atoms with E-state index in [2.05, 4.69) is 192 Å². The molecule has 1 aliphatic rings. The molecule has 0 spiro atoms. The van der Waals surface area contributed by atoms with Gasteiger partial charge in [0.05, 0.1) is 33.8 Å². The second-order valence-electron chi connectivity index (χ2n) is 19.2. The third-order valence-corrected chi connectivity index (χ3v) is 13.6. The van der Waals surface area contributed by atoms with Crippen molar-refractivity contribution in [2.45, 2.75) is 26.2 Å². The zero-order chi connectivity index (χ0) is 48.9. The summed E-state index contributed by atoms with van der Waals surface area (Å²) in [6.45, 7) is 7.08. The number of halogens is 2. The number of benzene rings is 9. The molecule has 2 aromatic heterocycles. The number of hydrogen-bond acceptors (Lipinski definition) is 5. The Hall–Kier alpha value is -9.01. The second-order valence-corrected chi connectivity index (χ2v) is 19.2. The minimum absolute atomic E-state index is 0.0649. The Labute approximate surface area is 417 Å². The standard InChI is InChI=1S/C64H49F2N5O/c1-64(2,3)45-35-36-67-62(37-45)71-58-22-11-10-19-56(58)57-34-33-52(41-61(57)71)72-53-39-50(38-51(40-53)70(48-15-6-4-7-16-48)49-17-8-5-9-18-49)68-42-69(60-24-13-12-23-59(60)68)63-54(43-25-29-46(65)30-26-43)20-14-21-55(63)44-27-31-47(66)32-28-44/h4-41H,42H2,1-3H3. The fraction of sp³-hybridized carbons (Fsp3) is 0.0781. The Morgan fingerprint density at radius 1 is 0.486 bits per heavy atom. The molecule has 0 radical (unpaired) electrons. The van der Waals surface area contributed by atoms with E-state index in [1.54, 1.807) is 0 Å². The molecule has 6 nitrogen and oxygen atoms in total. The first-order valence-electron chi connectivity index (χ1n) is 24.2. The first-order valence-corrected chi connectivity index (χ1v) is 24.2. The van der Waals surface area contributed by atoms with Gasteiger partial charge in [0.25, 0.3) is 0 Å². The van der Waals surface area contributed by atoms with Gasteiger partial charge in [-0.1, -0.05) is 130 Å². The van der Waals surface area contributed by atoms with Crippen LogP contribution in [0.2, 0.25) is 0 Å². The van der Waals surface area contributed by atoms with Crippen LogP contribution in [-0.2, 0) is 5.41 Å². The highest BCUT2D eigenvalue weighted by molar-refractivity contribution is 6.09. The fourth-order valence-corrected chi connectivity index (χ4v) is 10.1. The van der Waals surface area contributed by atoms with E-state index >= 15 is 0 Å². The first-order chi connectivity index (χ1) is 35.1. The number of para-hydroxylation sites is 6. The molecule has 350 valence electrons. The molecule has 0 aliphatic carbocycles. The van der Waals surface area contributed by atoms with Gasteiger partial charge in [0.15, 0.2) is 0 Å². The van der Waals surface area contributed by atoms with E-state index in [1.807, 2.05) is 54.7 Å². The summed E-state index contributed by atoms with van der Waals surface area (Å²) in [5, 5.41) is 2.23. The van der Waals surface area contributed by atoms with Crippen LogP contribution >= 0.6 is 0 Å². The molecule has 72 heavy (non-hydrogen) atoms. The second kappa shape index (κ2) is 18.1. The highest BCUT2D eigenvalue weighted by Gasteiger charge is 2.32. The highest BCUT2D eigenvalue weighted by Crippen LogP contribution is 2.52. The van der Waals surface area contributed by atoms with Gasteiger partial charge in [0.1, 0.15) is 35.6 Å². The van der Waals surface area contributed by atoms with Crippen LogP contribution in [0.3, 0.4) is 0 Å². The normalized spacial score (nSPS) is 12.4. The van der Waals surface area contributed by atoms with E-state index in [4.69, 9.17) is 9.72 Å². The number of ether oxygens (including phenoxy) is 1. The maximum absolute atomic E-state index is 14.5. The van der Waals surface area contributed by atoms with Crippen LogP contribution in [0.1, 0.15) is 26.3 Å². The van der Waals surface area contributed by atoms with E-state index < -0.39 is 0 Å². The van der Waals surface area contributed by atoms with Crippen molar-refractivity contribution in [3.63, 3.8) is 0 Å². The molecule has 0 amide bonds. The summed E-state index contributed by atoms with van der Waals surface area (Å²) in [5.41, 5.74) is 13.4. The van der Waals surface area contributed by atoms with Gasteiger partial charge in [0.2, 0.25) is 0 Å². The van der Waals surface area contributed by atoms with Crippen molar-refractivity contribution in [1.82, 2.24) is 9.55 Å². The lowest BCUT2D eigenvalue weighted by atomic mass is 9.88. The Morgan fingerprint density at radius 3 is 1.71 bits per heavy atom. The Bertz CT molecular complexity index is 3670. The molecule has 0 atom stereocenters. The molecule has 0 bridgehead atoms. The summed E-state index contributed by atoms with van der Waals surface area (Å²) >= 11 is 0. The molecule has 9 aromatic carbocycles. The van der Waals surface area contributed by atoms with Crippen molar-refractivity contribution in [2.24, 2.45) is 0 Å². The average Bonchev–Trinajstić information content (AvgIpc) is 3.95. The molecular formula is C64H49F2N5O. The van der Waals surface area contributed by atoms with E-state index in [0.717, 1.165) is 89.7 Å². The van der Waals surface area contributed by atoms with Gasteiger partial charge in [-0.3, -0.25) is 4.57 Å². The summed E-state index contributed by atoms with van der Waals surface area (Å²) < 4.78 is 38.3. The molecular weight excluding hydrogens is 893 g/mol. The van der Waals surface area contributed by atoms with E-state index in [0.29, 0.717) is 18.2 Å². The highest BCUT2D eigenvalue weighted by atomic mass is 19.1. The van der Waals surface area contributed by atoms with Crippen LogP contribution in [0.5, 0.6) is 11.5 Å². The van der Waals surface area contributed by atoms with Crippen molar-refractivity contribution in [2.75, 3.05) is 21.4 Å². The van der Waals surface area contributed by atoms with Crippen molar-refractivity contribution in [3.8, 4) is 39.6 Å². The Morgan fingerprint density at radius 2 is 1.07 bits per heavy atom. The first kappa shape index (κ1) is 44.2. The SMILES string of the molecule is CC(C)(C)c1ccnc(-n2c3ccccc3c3ccc(Oc4cc(N5CN(c6c(-c7ccc(F)cc7)cccc6-c6ccc(F)cc6)c6ccccc65)cc(N(c5ccccc5)c5ccccc5)c4)cc32)c1. The number of aromatic nitrogens is 2. The molecule has 1 aliphatic heterocycles. The molecule has 12 rings (SSSR count). The van der Waals surface area contributed by atoms with Gasteiger partial charge >= 0.3 is 0 Å². The smallest absolute Gasteiger partial charge is 0.137 e. The minimum Gasteiger partial charge on any atom is -0.457 e. The number of rotatable bonds is 10. The van der Waals surface area contributed by atoms with E-state index in [1.165, 1.54) is 29.8 Å². The van der Waals surface area contributed by atoms with Crippen LogP contribution in [0.25, 0.3) is 49.9 Å². The van der Waals surface area contributed by atoms with Crippen molar-refractivity contribution >= 4 is 61.6 Å². The lowest BCUT2D eigenvalue weighted by Gasteiger charge is -2.29. The zero-order valence-corrected chi connectivity index (χ0v) is 40.0. The molecule has 0 unspecified atom stereocenters. The lowest BCUT2D eigenvalue weighted by Crippen LogP contribution is -2.25. The fourth-order valence-electron chi connectivity index (χ4n) is 10.1. The van der Waals surface area contributed by atoms with E-state index in [9.17, 15) is 8.78 Å². The van der Waals surface area contributed by atoms with Gasteiger partial charge < -0.3 is 19.4 Å². The van der Waals surface area contributed by atoms with Crippen molar-refractivity contribution in [3.05, 3.63) is 248 Å². The molecule has 0 N–H and O–H groups in total. The minimum atomic E-state index is -0.309. The number of pyridine rings is 1. The van der Waals surface area contributed by atoms with Gasteiger partial charge in [-0.15, -0.1) is 0 Å². The molecule has 11 aromatic rings. The van der Waals surface area contributed by atoms with Crippen LogP contribution in [0.15, 0.2) is 231 Å². The van der Waals surface area contributed by atoms with Crippen molar-refractivity contribution in [1.29, 1.82) is 0 Å². The summed E-state index contributed by atoms with van der Waals surface area (Å²) in [6, 6.07) is 74.0. The predicted molar refractivity (Wildman–Crippen MR) is 291 cm³/mol. The predicted octanol–water partition coefficient (Wildman–Crippen LogP) is 17.6. The zero-order valence-electron chi connectivity index (χ0n) is 40.0. The largest absolute Gasteiger partial charge is 0.457 e. The summed E-state index contributed by atoms with van der Waals surface area (Å²) in [6.07, 6.45) is 1.90. The van der Waals surface area contributed by atoms with Gasteiger partial charge in [0, 0.05) is 63.4 Å². The topological polar surface area (TPSA) is 36.8 Å². The number of nitrogens with zero attached hydrogens (tertiary/aromatic N) is 5. The Kier molecular flexibility index (Phi) is 11.1. The third kappa shape index (κ3) is 8.16. The lowest BCUT2D eigenvalue weighted by molar-refractivity contribution is 0.483. The maximum Gasteiger partial charge on any atom is 0.137 e. The van der Waals surface area contributed by atoms with Gasteiger partial charge in [-0.25, -0.2) is 13.8 Å². The molecule has 0 saturated heterocycles. The molecule has 0 saturated carbocycles. The maximum atomic E-state index is 14.5. The number of anilines is 7. The average molecular weight is 942 g/mol. The summed E-state index contributed by atoms with van der Waals surface area (Å²) in [5.74, 6) is 1.54. The van der Waals surface area contributed by atoms with Gasteiger partial charge in [-0.05, 0) is 119 Å². The molecule has 3 heterocycles.